The van der Waals surface area contributed by atoms with E-state index in [1.807, 2.05) is 4.57 Å². The van der Waals surface area contributed by atoms with E-state index in [2.05, 4.69) is 4.98 Å². The topological polar surface area (TPSA) is 69.1 Å². The molecular formula is C26H28Cl2N4O4. The molecule has 2 aliphatic heterocycles. The molecule has 0 spiro atoms. The Hall–Kier alpha value is -2.78. The number of ether oxygens (including phenoxy) is 3. The summed E-state index contributed by atoms with van der Waals surface area (Å²) in [5.74, 6) is -1.06. The second-order valence-electron chi connectivity index (χ2n) is 8.49. The van der Waals surface area contributed by atoms with Crippen LogP contribution in [-0.2, 0) is 26.6 Å². The van der Waals surface area contributed by atoms with Crippen LogP contribution in [0.2, 0.25) is 10.0 Å². The van der Waals surface area contributed by atoms with Gasteiger partial charge in [0.2, 0.25) is 11.7 Å². The Morgan fingerprint density at radius 2 is 2.00 bits per heavy atom. The number of amides is 1. The summed E-state index contributed by atoms with van der Waals surface area (Å²) in [6.45, 7) is -2.67. The quantitative estimate of drug-likeness (QED) is 0.452. The van der Waals surface area contributed by atoms with Crippen LogP contribution in [-0.4, -0.2) is 65.8 Å². The van der Waals surface area contributed by atoms with E-state index in [4.69, 9.17) is 42.9 Å². The average Bonchev–Trinajstić information content (AvgIpc) is 3.52. The molecule has 0 unspecified atom stereocenters. The third-order valence-electron chi connectivity index (χ3n) is 5.97. The molecule has 2 atom stereocenters. The number of anilines is 1. The number of halogens is 2. The summed E-state index contributed by atoms with van der Waals surface area (Å²) in [6.07, 6.45) is 4.69. The lowest BCUT2D eigenvalue weighted by Gasteiger charge is -2.35. The smallest absolute Gasteiger partial charge is 0.219 e. The summed E-state index contributed by atoms with van der Waals surface area (Å²) >= 11 is 12.6. The van der Waals surface area contributed by atoms with E-state index in [0.717, 1.165) is 4.90 Å². The maximum absolute atomic E-state index is 11.8. The van der Waals surface area contributed by atoms with E-state index in [1.165, 1.54) is 11.8 Å². The molecule has 1 amide bonds. The van der Waals surface area contributed by atoms with Gasteiger partial charge in [-0.2, -0.15) is 0 Å². The molecule has 0 aliphatic carbocycles. The van der Waals surface area contributed by atoms with Crippen molar-refractivity contribution in [2.45, 2.75) is 25.4 Å². The summed E-state index contributed by atoms with van der Waals surface area (Å²) < 4.78 is 54.1. The highest BCUT2D eigenvalue weighted by atomic mass is 35.5. The first-order chi connectivity index (χ1) is 18.9. The molecule has 2 aromatic carbocycles. The lowest BCUT2D eigenvalue weighted by Crippen LogP contribution is -2.48. The summed E-state index contributed by atoms with van der Waals surface area (Å²) in [4.78, 5) is 18.1. The molecule has 3 aromatic rings. The molecule has 2 saturated heterocycles. The van der Waals surface area contributed by atoms with Gasteiger partial charge in [-0.1, -0.05) is 29.3 Å². The van der Waals surface area contributed by atoms with Gasteiger partial charge in [-0.25, -0.2) is 4.98 Å². The molecule has 0 N–H and O–H groups in total. The molecule has 10 heteroatoms. The van der Waals surface area contributed by atoms with Gasteiger partial charge in [0.15, 0.2) is 0 Å². The summed E-state index contributed by atoms with van der Waals surface area (Å²) in [6, 6.07) is 11.6. The lowest BCUT2D eigenvalue weighted by atomic mass is 10.1. The Bertz CT molecular complexity index is 1350. The minimum absolute atomic E-state index is 0.162. The number of nitrogens with zero attached hydrogens (tertiary/aromatic N) is 4. The number of rotatable bonds is 7. The van der Waals surface area contributed by atoms with Gasteiger partial charge < -0.3 is 28.6 Å². The van der Waals surface area contributed by atoms with Crippen LogP contribution in [0.3, 0.4) is 0 Å². The van der Waals surface area contributed by atoms with Gasteiger partial charge in [0, 0.05) is 61.7 Å². The fourth-order valence-electron chi connectivity index (χ4n) is 4.09. The fourth-order valence-corrected chi connectivity index (χ4v) is 4.64. The van der Waals surface area contributed by atoms with Crippen molar-refractivity contribution in [1.82, 2.24) is 14.5 Å². The second kappa shape index (κ2) is 10.7. The van der Waals surface area contributed by atoms with Crippen molar-refractivity contribution < 1.29 is 24.5 Å². The largest absolute Gasteiger partial charge is 0.491 e. The van der Waals surface area contributed by atoms with Gasteiger partial charge in [0.05, 0.1) is 30.0 Å². The monoisotopic (exact) mass is 534 g/mol. The first kappa shape index (κ1) is 20.3. The highest BCUT2D eigenvalue weighted by Crippen LogP contribution is 2.40. The highest BCUT2D eigenvalue weighted by molar-refractivity contribution is 6.35. The molecule has 190 valence electrons. The van der Waals surface area contributed by atoms with Crippen LogP contribution in [0.1, 0.15) is 18.0 Å². The Kier molecular flexibility index (Phi) is 6.02. The molecule has 0 radical (unpaired) electrons. The van der Waals surface area contributed by atoms with Crippen molar-refractivity contribution in [2.24, 2.45) is 0 Å². The third-order valence-corrected chi connectivity index (χ3v) is 6.51. The molecule has 8 nitrogen and oxygen atoms in total. The van der Waals surface area contributed by atoms with Crippen molar-refractivity contribution in [3.05, 3.63) is 76.8 Å². The Morgan fingerprint density at radius 1 is 1.22 bits per heavy atom. The molecule has 2 fully saturated rings. The maximum atomic E-state index is 11.8. The van der Waals surface area contributed by atoms with Crippen LogP contribution in [0.5, 0.6) is 5.75 Å². The third kappa shape index (κ3) is 5.47. The number of carbonyl (C=O) groups is 1. The standard InChI is InChI=1S/C26H28Cl2N4O4/c1-19(33)31-10-12-32(13-11-31)21-3-5-22(6-4-21)34-15-23-16-35-26(36-23,17-30-9-8-29-18-30)24-7-2-20(27)14-25(24)28/h2-9,14,18,23H,10-13,15-17H2,1H3/t23-,26-/m0/s1/i12D2,13D2. The van der Waals surface area contributed by atoms with Crippen molar-refractivity contribution in [1.29, 1.82) is 0 Å². The summed E-state index contributed by atoms with van der Waals surface area (Å²) in [5.41, 5.74) is 0.968. The second-order valence-corrected chi connectivity index (χ2v) is 9.34. The summed E-state index contributed by atoms with van der Waals surface area (Å²) in [5, 5.41) is 0.906. The number of carbonyl (C=O) groups excluding carboxylic acids is 1. The van der Waals surface area contributed by atoms with Gasteiger partial charge in [-0.15, -0.1) is 0 Å². The van der Waals surface area contributed by atoms with E-state index < -0.39 is 24.9 Å². The number of hydrogen-bond acceptors (Lipinski definition) is 6. The van der Waals surface area contributed by atoms with Crippen LogP contribution < -0.4 is 9.64 Å². The van der Waals surface area contributed by atoms with E-state index in [1.54, 1.807) is 61.2 Å². The number of imidazole rings is 1. The average molecular weight is 535 g/mol. The minimum Gasteiger partial charge on any atom is -0.491 e. The zero-order valence-corrected chi connectivity index (χ0v) is 21.1. The summed E-state index contributed by atoms with van der Waals surface area (Å²) in [7, 11) is 0. The van der Waals surface area contributed by atoms with Crippen molar-refractivity contribution in [2.75, 3.05) is 44.2 Å². The van der Waals surface area contributed by atoms with Gasteiger partial charge in [0.25, 0.3) is 0 Å². The number of hydrogen-bond donors (Lipinski definition) is 0. The fraction of sp³-hybridized carbons (Fsp3) is 0.385. The van der Waals surface area contributed by atoms with Crippen molar-refractivity contribution in [3.8, 4) is 5.75 Å². The molecule has 3 heterocycles. The van der Waals surface area contributed by atoms with Crippen molar-refractivity contribution >= 4 is 34.8 Å². The highest BCUT2D eigenvalue weighted by Gasteiger charge is 2.45. The zero-order valence-electron chi connectivity index (χ0n) is 23.6. The molecular weight excluding hydrogens is 503 g/mol. The Labute approximate surface area is 225 Å². The van der Waals surface area contributed by atoms with Crippen LogP contribution in [0.15, 0.2) is 61.2 Å². The van der Waals surface area contributed by atoms with E-state index in [9.17, 15) is 4.79 Å². The number of piperazine rings is 1. The minimum atomic E-state index is -2.10. The van der Waals surface area contributed by atoms with Gasteiger partial charge in [-0.3, -0.25) is 4.79 Å². The van der Waals surface area contributed by atoms with Gasteiger partial charge in [0.1, 0.15) is 18.5 Å². The van der Waals surface area contributed by atoms with Crippen LogP contribution in [0, 0.1) is 0 Å². The number of benzene rings is 2. The Morgan fingerprint density at radius 3 is 2.67 bits per heavy atom. The van der Waals surface area contributed by atoms with E-state index >= 15 is 0 Å². The first-order valence-corrected chi connectivity index (χ1v) is 12.2. The van der Waals surface area contributed by atoms with E-state index in [-0.39, 0.29) is 32.2 Å². The van der Waals surface area contributed by atoms with Crippen LogP contribution in [0.4, 0.5) is 5.69 Å². The number of aromatic nitrogens is 2. The molecule has 0 bridgehead atoms. The van der Waals surface area contributed by atoms with Gasteiger partial charge in [-0.05, 0) is 36.4 Å². The predicted octanol–water partition coefficient (Wildman–Crippen LogP) is 4.21. The SMILES string of the molecule is [2H]C1([2H])CN(C(C)=O)CC([2H])([2H])N1c1ccc(OC[C@H]2CO[C@](Cn3ccnc3)(c3ccc(Cl)cc3Cl)O2)cc1. The predicted molar refractivity (Wildman–Crippen MR) is 138 cm³/mol. The molecule has 5 rings (SSSR count). The van der Waals surface area contributed by atoms with Crippen LogP contribution >= 0.6 is 23.2 Å². The normalized spacial score (nSPS) is 26.6. The van der Waals surface area contributed by atoms with E-state index in [0.29, 0.717) is 33.6 Å². The molecule has 2 aliphatic rings. The lowest BCUT2D eigenvalue weighted by molar-refractivity contribution is -0.189. The molecule has 1 aromatic heterocycles. The Balaban J connectivity index is 1.28. The molecule has 0 saturated carbocycles. The maximum Gasteiger partial charge on any atom is 0.219 e. The first-order valence-electron chi connectivity index (χ1n) is 13.4. The van der Waals surface area contributed by atoms with Crippen molar-refractivity contribution in [3.63, 3.8) is 0 Å². The van der Waals surface area contributed by atoms with Gasteiger partial charge >= 0.3 is 0 Å². The zero-order chi connectivity index (χ0) is 28.7. The molecule has 36 heavy (non-hydrogen) atoms. The van der Waals surface area contributed by atoms with Crippen LogP contribution in [0.25, 0.3) is 0 Å².